The Hall–Kier alpha value is -3.65. The zero-order valence-corrected chi connectivity index (χ0v) is 18.6. The summed E-state index contributed by atoms with van der Waals surface area (Å²) in [6.07, 6.45) is 0. The zero-order chi connectivity index (χ0) is 22.3. The molecule has 7 nitrogen and oxygen atoms in total. The normalized spacial score (nSPS) is 11.7. The van der Waals surface area contributed by atoms with E-state index in [1.807, 2.05) is 85.8 Å². The third-order valence-electron chi connectivity index (χ3n) is 4.91. The van der Waals surface area contributed by atoms with Gasteiger partial charge in [-0.3, -0.25) is 4.79 Å². The summed E-state index contributed by atoms with van der Waals surface area (Å²) in [6.45, 7) is 2.35. The van der Waals surface area contributed by atoms with Crippen LogP contribution in [0.25, 0.3) is 11.1 Å². The molecule has 4 aromatic rings. The van der Waals surface area contributed by atoms with Gasteiger partial charge in [-0.05, 0) is 46.7 Å². The van der Waals surface area contributed by atoms with Gasteiger partial charge in [-0.15, -0.1) is 5.10 Å². The minimum absolute atomic E-state index is 0.114. The number of nitrogens with zero attached hydrogens (tertiary/aromatic N) is 4. The molecular formula is C24H23N5O2S. The van der Waals surface area contributed by atoms with Crippen LogP contribution >= 0.6 is 11.8 Å². The van der Waals surface area contributed by atoms with Crippen molar-refractivity contribution in [2.45, 2.75) is 23.9 Å². The van der Waals surface area contributed by atoms with E-state index in [2.05, 4.69) is 20.8 Å². The Labute approximate surface area is 190 Å². The standard InChI is InChI=1S/C24H23N5O2S/c1-17(23(30)25-22-11-7-6-10-21(22)19-8-4-3-5-9-19)32-24-26-27-28-29(24)16-18-12-14-20(31-2)15-13-18/h3-15,17H,16H2,1-2H3,(H,25,30)/t17-/m0/s1. The summed E-state index contributed by atoms with van der Waals surface area (Å²) < 4.78 is 6.89. The van der Waals surface area contributed by atoms with E-state index in [4.69, 9.17) is 4.74 Å². The number of thioether (sulfide) groups is 1. The lowest BCUT2D eigenvalue weighted by Gasteiger charge is -2.15. The van der Waals surface area contributed by atoms with Crippen LogP contribution in [0.3, 0.4) is 0 Å². The first-order valence-corrected chi connectivity index (χ1v) is 11.0. The highest BCUT2D eigenvalue weighted by Crippen LogP contribution is 2.29. The Bertz CT molecular complexity index is 1180. The fourth-order valence-electron chi connectivity index (χ4n) is 3.19. The molecule has 1 aromatic heterocycles. The quantitative estimate of drug-likeness (QED) is 0.402. The number of rotatable bonds is 8. The number of para-hydroxylation sites is 1. The van der Waals surface area contributed by atoms with Crippen LogP contribution in [0.15, 0.2) is 84.0 Å². The van der Waals surface area contributed by atoms with Crippen molar-refractivity contribution < 1.29 is 9.53 Å². The van der Waals surface area contributed by atoms with Crippen molar-refractivity contribution >= 4 is 23.4 Å². The molecule has 0 aliphatic carbocycles. The second-order valence-electron chi connectivity index (χ2n) is 7.13. The summed E-state index contributed by atoms with van der Waals surface area (Å²) in [7, 11) is 1.63. The van der Waals surface area contributed by atoms with Crippen LogP contribution in [0, 0.1) is 0 Å². The lowest BCUT2D eigenvalue weighted by molar-refractivity contribution is -0.115. The van der Waals surface area contributed by atoms with Gasteiger partial charge in [-0.1, -0.05) is 72.4 Å². The van der Waals surface area contributed by atoms with Crippen LogP contribution in [-0.2, 0) is 11.3 Å². The molecule has 0 radical (unpaired) electrons. The van der Waals surface area contributed by atoms with Gasteiger partial charge in [0.25, 0.3) is 0 Å². The molecule has 8 heteroatoms. The number of anilines is 1. The van der Waals surface area contributed by atoms with E-state index in [0.29, 0.717) is 11.7 Å². The fraction of sp³-hybridized carbons (Fsp3) is 0.167. The van der Waals surface area contributed by atoms with Crippen LogP contribution in [0.2, 0.25) is 0 Å². The number of amides is 1. The van der Waals surface area contributed by atoms with E-state index >= 15 is 0 Å². The van der Waals surface area contributed by atoms with E-state index in [0.717, 1.165) is 28.1 Å². The minimum atomic E-state index is -0.389. The summed E-state index contributed by atoms with van der Waals surface area (Å²) in [5.74, 6) is 0.679. The highest BCUT2D eigenvalue weighted by molar-refractivity contribution is 8.00. The van der Waals surface area contributed by atoms with Crippen molar-refractivity contribution in [1.82, 2.24) is 20.2 Å². The zero-order valence-electron chi connectivity index (χ0n) is 17.8. The maximum atomic E-state index is 12.9. The van der Waals surface area contributed by atoms with Crippen LogP contribution in [0.4, 0.5) is 5.69 Å². The molecule has 32 heavy (non-hydrogen) atoms. The summed E-state index contributed by atoms with van der Waals surface area (Å²) >= 11 is 1.32. The van der Waals surface area contributed by atoms with Gasteiger partial charge < -0.3 is 10.1 Å². The van der Waals surface area contributed by atoms with Gasteiger partial charge in [-0.2, -0.15) is 0 Å². The molecule has 0 aliphatic heterocycles. The van der Waals surface area contributed by atoms with Gasteiger partial charge in [0.2, 0.25) is 11.1 Å². The number of nitrogens with one attached hydrogen (secondary N) is 1. The minimum Gasteiger partial charge on any atom is -0.497 e. The Morgan fingerprint density at radius 2 is 1.75 bits per heavy atom. The van der Waals surface area contributed by atoms with Crippen molar-refractivity contribution in [3.63, 3.8) is 0 Å². The highest BCUT2D eigenvalue weighted by atomic mass is 32.2. The molecule has 0 saturated heterocycles. The van der Waals surface area contributed by atoms with Gasteiger partial charge in [0.15, 0.2) is 0 Å². The number of aromatic nitrogens is 4. The third kappa shape index (κ3) is 5.15. The first-order chi connectivity index (χ1) is 15.6. The monoisotopic (exact) mass is 445 g/mol. The van der Waals surface area contributed by atoms with E-state index in [1.54, 1.807) is 11.8 Å². The van der Waals surface area contributed by atoms with Crippen LogP contribution in [0.1, 0.15) is 12.5 Å². The Kier molecular flexibility index (Phi) is 6.81. The molecule has 162 valence electrons. The van der Waals surface area contributed by atoms with E-state index in [9.17, 15) is 4.79 Å². The van der Waals surface area contributed by atoms with Gasteiger partial charge in [0.1, 0.15) is 5.75 Å². The second-order valence-corrected chi connectivity index (χ2v) is 8.44. The molecule has 1 amide bonds. The number of carbonyl (C=O) groups is 1. The molecular weight excluding hydrogens is 422 g/mol. The Balaban J connectivity index is 1.44. The molecule has 0 bridgehead atoms. The molecule has 0 saturated carbocycles. The van der Waals surface area contributed by atoms with Crippen molar-refractivity contribution in [2.24, 2.45) is 0 Å². The molecule has 1 heterocycles. The number of methoxy groups -OCH3 is 1. The maximum Gasteiger partial charge on any atom is 0.237 e. The molecule has 0 unspecified atom stereocenters. The Morgan fingerprint density at radius 1 is 1.03 bits per heavy atom. The molecule has 0 spiro atoms. The molecule has 4 rings (SSSR count). The average Bonchev–Trinajstić information content (AvgIpc) is 3.26. The third-order valence-corrected chi connectivity index (χ3v) is 5.98. The number of carbonyl (C=O) groups excluding carboxylic acids is 1. The topological polar surface area (TPSA) is 81.9 Å². The highest BCUT2D eigenvalue weighted by Gasteiger charge is 2.20. The van der Waals surface area contributed by atoms with Crippen molar-refractivity contribution in [3.05, 3.63) is 84.4 Å². The predicted octanol–water partition coefficient (Wildman–Crippen LogP) is 4.52. The SMILES string of the molecule is COc1ccc(Cn2nnnc2S[C@@H](C)C(=O)Nc2ccccc2-c2ccccc2)cc1. The molecule has 0 aliphatic rings. The maximum absolute atomic E-state index is 12.9. The van der Waals surface area contributed by atoms with Crippen molar-refractivity contribution in [1.29, 1.82) is 0 Å². The number of benzene rings is 3. The summed E-state index contributed by atoms with van der Waals surface area (Å²) in [4.78, 5) is 12.9. The first-order valence-electron chi connectivity index (χ1n) is 10.1. The number of ether oxygens (including phenoxy) is 1. The first kappa shape index (κ1) is 21.6. The fourth-order valence-corrected chi connectivity index (χ4v) is 3.98. The van der Waals surface area contributed by atoms with Gasteiger partial charge >= 0.3 is 0 Å². The lowest BCUT2D eigenvalue weighted by atomic mass is 10.0. The molecule has 3 aromatic carbocycles. The number of tetrazole rings is 1. The van der Waals surface area contributed by atoms with Gasteiger partial charge in [0, 0.05) is 11.3 Å². The van der Waals surface area contributed by atoms with Crippen molar-refractivity contribution in [3.8, 4) is 16.9 Å². The second kappa shape index (κ2) is 10.1. The molecule has 1 N–H and O–H groups in total. The van der Waals surface area contributed by atoms with Crippen LogP contribution in [0.5, 0.6) is 5.75 Å². The largest absolute Gasteiger partial charge is 0.497 e. The predicted molar refractivity (Wildman–Crippen MR) is 126 cm³/mol. The number of hydrogen-bond donors (Lipinski definition) is 1. The van der Waals surface area contributed by atoms with E-state index in [1.165, 1.54) is 11.8 Å². The summed E-state index contributed by atoms with van der Waals surface area (Å²) in [5.41, 5.74) is 3.83. The summed E-state index contributed by atoms with van der Waals surface area (Å²) in [5, 5.41) is 15.2. The lowest BCUT2D eigenvalue weighted by Crippen LogP contribution is -2.23. The van der Waals surface area contributed by atoms with Gasteiger partial charge in [-0.25, -0.2) is 4.68 Å². The smallest absolute Gasteiger partial charge is 0.237 e. The van der Waals surface area contributed by atoms with Crippen LogP contribution in [-0.4, -0.2) is 38.5 Å². The number of hydrogen-bond acceptors (Lipinski definition) is 6. The average molecular weight is 446 g/mol. The molecule has 0 fully saturated rings. The van der Waals surface area contributed by atoms with Gasteiger partial charge in [0.05, 0.1) is 18.9 Å². The van der Waals surface area contributed by atoms with Crippen molar-refractivity contribution in [2.75, 3.05) is 12.4 Å². The summed E-state index contributed by atoms with van der Waals surface area (Å²) in [6, 6.07) is 25.5. The molecule has 1 atom stereocenters. The van der Waals surface area contributed by atoms with Crippen LogP contribution < -0.4 is 10.1 Å². The van der Waals surface area contributed by atoms with E-state index in [-0.39, 0.29) is 11.2 Å². The Morgan fingerprint density at radius 3 is 2.50 bits per heavy atom. The van der Waals surface area contributed by atoms with E-state index < -0.39 is 0 Å².